The monoisotopic (exact) mass is 391 g/mol. The van der Waals surface area contributed by atoms with Gasteiger partial charge in [0.2, 0.25) is 0 Å². The number of hydrogen-bond donors (Lipinski definition) is 2. The first-order chi connectivity index (χ1) is 12.5. The van der Waals surface area contributed by atoms with Crippen LogP contribution in [0.5, 0.6) is 5.75 Å². The van der Waals surface area contributed by atoms with Crippen LogP contribution in [0.4, 0.5) is 20.9 Å². The summed E-state index contributed by atoms with van der Waals surface area (Å²) >= 11 is 7.26. The van der Waals surface area contributed by atoms with Crippen molar-refractivity contribution in [2.45, 2.75) is 6.92 Å². The lowest BCUT2D eigenvalue weighted by molar-refractivity contribution is 0.103. The average Bonchev–Trinajstić information content (AvgIpc) is 2.95. The Bertz CT molecular complexity index is 961. The summed E-state index contributed by atoms with van der Waals surface area (Å²) in [5.41, 5.74) is 1.69. The second-order valence-electron chi connectivity index (χ2n) is 5.37. The minimum Gasteiger partial charge on any atom is -0.495 e. The highest BCUT2D eigenvalue weighted by atomic mass is 35.5. The van der Waals surface area contributed by atoms with Gasteiger partial charge in [0.05, 0.1) is 17.8 Å². The van der Waals surface area contributed by atoms with Gasteiger partial charge in [-0.1, -0.05) is 29.0 Å². The molecule has 2 aromatic carbocycles. The van der Waals surface area contributed by atoms with Crippen LogP contribution in [0.15, 0.2) is 42.5 Å². The molecule has 0 spiro atoms. The topological polar surface area (TPSA) is 63.2 Å². The number of methoxy groups -OCH3 is 1. The number of amides is 1. The normalized spacial score (nSPS) is 10.5. The van der Waals surface area contributed by atoms with E-state index in [0.717, 1.165) is 0 Å². The van der Waals surface area contributed by atoms with Crippen LogP contribution in [0.25, 0.3) is 0 Å². The van der Waals surface area contributed by atoms with Gasteiger partial charge in [-0.25, -0.2) is 9.37 Å². The van der Waals surface area contributed by atoms with Crippen molar-refractivity contribution >= 4 is 45.4 Å². The molecule has 0 radical (unpaired) electrons. The number of aryl methyl sites for hydroxylation is 1. The number of ether oxygens (including phenoxy) is 1. The van der Waals surface area contributed by atoms with Crippen LogP contribution in [0.3, 0.4) is 0 Å². The summed E-state index contributed by atoms with van der Waals surface area (Å²) < 4.78 is 18.4. The molecule has 0 unspecified atom stereocenters. The molecule has 0 saturated heterocycles. The molecule has 134 valence electrons. The van der Waals surface area contributed by atoms with Gasteiger partial charge in [-0.05, 0) is 43.3 Å². The van der Waals surface area contributed by atoms with Gasteiger partial charge in [0, 0.05) is 11.4 Å². The molecule has 2 N–H and O–H groups in total. The average molecular weight is 392 g/mol. The van der Waals surface area contributed by atoms with Crippen molar-refractivity contribution < 1.29 is 13.9 Å². The summed E-state index contributed by atoms with van der Waals surface area (Å²) in [6, 6.07) is 11.0. The summed E-state index contributed by atoms with van der Waals surface area (Å²) in [4.78, 5) is 17.3. The zero-order valence-corrected chi connectivity index (χ0v) is 15.5. The molecule has 1 amide bonds. The van der Waals surface area contributed by atoms with E-state index in [1.165, 1.54) is 30.6 Å². The minimum absolute atomic E-state index is 0.298. The summed E-state index contributed by atoms with van der Waals surface area (Å²) in [5, 5.41) is 6.69. The lowest BCUT2D eigenvalue weighted by atomic mass is 10.3. The molecule has 5 nitrogen and oxygen atoms in total. The highest BCUT2D eigenvalue weighted by Gasteiger charge is 2.16. The summed E-state index contributed by atoms with van der Waals surface area (Å²) in [6.07, 6.45) is 0. The molecule has 0 aliphatic carbocycles. The summed E-state index contributed by atoms with van der Waals surface area (Å²) in [6.45, 7) is 1.74. The van der Waals surface area contributed by atoms with Crippen LogP contribution < -0.4 is 15.4 Å². The van der Waals surface area contributed by atoms with E-state index in [1.807, 2.05) is 0 Å². The predicted molar refractivity (Wildman–Crippen MR) is 102 cm³/mol. The molecule has 0 aliphatic rings. The van der Waals surface area contributed by atoms with Gasteiger partial charge in [-0.15, -0.1) is 0 Å². The van der Waals surface area contributed by atoms with E-state index < -0.39 is 0 Å². The van der Waals surface area contributed by atoms with Crippen molar-refractivity contribution in [1.82, 2.24) is 4.98 Å². The number of carbonyl (C=O) groups excluding carboxylic acids is 1. The molecule has 0 fully saturated rings. The number of nitrogens with one attached hydrogen (secondary N) is 2. The van der Waals surface area contributed by atoms with E-state index in [4.69, 9.17) is 16.3 Å². The van der Waals surface area contributed by atoms with Crippen LogP contribution in [-0.4, -0.2) is 18.0 Å². The van der Waals surface area contributed by atoms with Crippen molar-refractivity contribution in [1.29, 1.82) is 0 Å². The molecule has 0 bridgehead atoms. The Morgan fingerprint density at radius 1 is 1.23 bits per heavy atom. The summed E-state index contributed by atoms with van der Waals surface area (Å²) in [5.74, 6) is -0.119. The third-order valence-electron chi connectivity index (χ3n) is 3.49. The highest BCUT2D eigenvalue weighted by Crippen LogP contribution is 2.29. The Morgan fingerprint density at radius 3 is 2.73 bits per heavy atom. The Kier molecular flexibility index (Phi) is 5.39. The molecular weight excluding hydrogens is 377 g/mol. The first-order valence-corrected chi connectivity index (χ1v) is 8.80. The van der Waals surface area contributed by atoms with Crippen LogP contribution in [-0.2, 0) is 0 Å². The maximum Gasteiger partial charge on any atom is 0.267 e. The third-order valence-corrected chi connectivity index (χ3v) is 4.86. The molecule has 3 rings (SSSR count). The Balaban J connectivity index is 1.75. The first kappa shape index (κ1) is 18.2. The fraction of sp³-hybridized carbons (Fsp3) is 0.111. The number of aromatic nitrogens is 1. The van der Waals surface area contributed by atoms with Gasteiger partial charge in [0.15, 0.2) is 5.13 Å². The zero-order valence-electron chi connectivity index (χ0n) is 14.0. The maximum atomic E-state index is 13.3. The van der Waals surface area contributed by atoms with Gasteiger partial charge < -0.3 is 15.4 Å². The van der Waals surface area contributed by atoms with E-state index >= 15 is 0 Å². The van der Waals surface area contributed by atoms with Crippen molar-refractivity contribution in [3.8, 4) is 5.75 Å². The van der Waals surface area contributed by atoms with E-state index in [2.05, 4.69) is 15.6 Å². The first-order valence-electron chi connectivity index (χ1n) is 7.61. The fourth-order valence-electron chi connectivity index (χ4n) is 2.28. The quantitative estimate of drug-likeness (QED) is 0.623. The number of benzene rings is 2. The number of thiazole rings is 1. The molecule has 0 aliphatic heterocycles. The second-order valence-corrected chi connectivity index (χ2v) is 6.78. The fourth-order valence-corrected chi connectivity index (χ4v) is 3.42. The lowest BCUT2D eigenvalue weighted by Gasteiger charge is -2.07. The van der Waals surface area contributed by atoms with Crippen molar-refractivity contribution in [2.24, 2.45) is 0 Å². The van der Waals surface area contributed by atoms with Gasteiger partial charge in [0.1, 0.15) is 16.4 Å². The van der Waals surface area contributed by atoms with E-state index in [-0.39, 0.29) is 11.7 Å². The lowest BCUT2D eigenvalue weighted by Crippen LogP contribution is -2.11. The molecule has 1 aromatic heterocycles. The molecular formula is C18H15ClFN3O2S. The predicted octanol–water partition coefficient (Wildman–Crippen LogP) is 5.25. The van der Waals surface area contributed by atoms with Gasteiger partial charge >= 0.3 is 0 Å². The molecule has 0 atom stereocenters. The molecule has 8 heteroatoms. The summed E-state index contributed by atoms with van der Waals surface area (Å²) in [7, 11) is 1.52. The third kappa shape index (κ3) is 4.12. The van der Waals surface area contributed by atoms with Crippen LogP contribution >= 0.6 is 22.9 Å². The van der Waals surface area contributed by atoms with Crippen molar-refractivity contribution in [3.63, 3.8) is 0 Å². The van der Waals surface area contributed by atoms with Gasteiger partial charge in [-0.3, -0.25) is 4.79 Å². The molecule has 1 heterocycles. The Morgan fingerprint density at radius 2 is 2.04 bits per heavy atom. The largest absolute Gasteiger partial charge is 0.495 e. The van der Waals surface area contributed by atoms with E-state index in [1.54, 1.807) is 37.3 Å². The van der Waals surface area contributed by atoms with Gasteiger partial charge in [-0.2, -0.15) is 0 Å². The van der Waals surface area contributed by atoms with Crippen molar-refractivity contribution in [3.05, 3.63) is 63.9 Å². The number of rotatable bonds is 5. The number of hydrogen-bond acceptors (Lipinski definition) is 5. The van der Waals surface area contributed by atoms with Crippen LogP contribution in [0, 0.1) is 12.7 Å². The maximum absolute atomic E-state index is 13.3. The molecule has 0 saturated carbocycles. The highest BCUT2D eigenvalue weighted by molar-refractivity contribution is 7.17. The standard InChI is InChI=1S/C18H15ClFN3O2S/c1-10-16(17(24)22-13-6-7-15(25-2)14(19)9-13)26-18(21-10)23-12-5-3-4-11(20)8-12/h3-9H,1-2H3,(H,21,23)(H,22,24). The number of carbonyl (C=O) groups is 1. The van der Waals surface area contributed by atoms with Crippen molar-refractivity contribution in [2.75, 3.05) is 17.7 Å². The van der Waals surface area contributed by atoms with Crippen LogP contribution in [0.2, 0.25) is 5.02 Å². The Hall–Kier alpha value is -2.64. The smallest absolute Gasteiger partial charge is 0.267 e. The Labute approximate surface area is 158 Å². The van der Waals surface area contributed by atoms with Crippen LogP contribution in [0.1, 0.15) is 15.4 Å². The van der Waals surface area contributed by atoms with E-state index in [9.17, 15) is 9.18 Å². The SMILES string of the molecule is COc1ccc(NC(=O)c2sc(Nc3cccc(F)c3)nc2C)cc1Cl. The number of halogens is 2. The molecule has 26 heavy (non-hydrogen) atoms. The van der Waals surface area contributed by atoms with E-state index in [0.29, 0.717) is 37.8 Å². The zero-order chi connectivity index (χ0) is 18.7. The number of anilines is 3. The molecule has 3 aromatic rings. The minimum atomic E-state index is -0.349. The second kappa shape index (κ2) is 7.72. The number of nitrogens with zero attached hydrogens (tertiary/aromatic N) is 1. The van der Waals surface area contributed by atoms with Gasteiger partial charge in [0.25, 0.3) is 5.91 Å².